The van der Waals surface area contributed by atoms with Gasteiger partial charge < -0.3 is 19.1 Å². The van der Waals surface area contributed by atoms with Crippen molar-refractivity contribution in [2.75, 3.05) is 7.11 Å². The molecular formula is C17H12NO4-. The highest BCUT2D eigenvalue weighted by Crippen LogP contribution is 2.27. The van der Waals surface area contributed by atoms with Gasteiger partial charge in [-0.1, -0.05) is 12.1 Å². The zero-order valence-electron chi connectivity index (χ0n) is 11.8. The maximum absolute atomic E-state index is 10.7. The number of carbonyl (C=O) groups is 1. The normalized spacial score (nSPS) is 10.4. The van der Waals surface area contributed by atoms with E-state index < -0.39 is 5.97 Å². The molecule has 0 amide bonds. The van der Waals surface area contributed by atoms with Crippen molar-refractivity contribution in [2.45, 2.75) is 0 Å². The van der Waals surface area contributed by atoms with Gasteiger partial charge in [-0.3, -0.25) is 0 Å². The highest BCUT2D eigenvalue weighted by atomic mass is 16.5. The molecule has 22 heavy (non-hydrogen) atoms. The minimum absolute atomic E-state index is 0.116. The van der Waals surface area contributed by atoms with Crippen LogP contribution in [0.3, 0.4) is 0 Å². The van der Waals surface area contributed by atoms with Crippen molar-refractivity contribution in [3.63, 3.8) is 0 Å². The van der Waals surface area contributed by atoms with Crippen molar-refractivity contribution in [3.05, 3.63) is 60.3 Å². The summed E-state index contributed by atoms with van der Waals surface area (Å²) >= 11 is 0. The lowest BCUT2D eigenvalue weighted by molar-refractivity contribution is -0.255. The van der Waals surface area contributed by atoms with Gasteiger partial charge in [0, 0.05) is 11.1 Å². The summed E-state index contributed by atoms with van der Waals surface area (Å²) in [4.78, 5) is 14.9. The van der Waals surface area contributed by atoms with E-state index in [1.54, 1.807) is 25.4 Å². The number of rotatable bonds is 4. The summed E-state index contributed by atoms with van der Waals surface area (Å²) in [5, 5.41) is 10.7. The highest BCUT2D eigenvalue weighted by Gasteiger charge is 2.09. The standard InChI is InChI=1S/C17H13NO4/c1-21-14-8-6-11(7-9-14)15-10-18-16(22-15)12-2-4-13(5-3-12)17(19)20/h2-10H,1H3,(H,19,20)/p-1. The first-order valence-corrected chi connectivity index (χ1v) is 6.59. The second-order valence-electron chi connectivity index (χ2n) is 4.62. The first kappa shape index (κ1) is 13.9. The van der Waals surface area contributed by atoms with Crippen molar-refractivity contribution in [2.24, 2.45) is 0 Å². The lowest BCUT2D eigenvalue weighted by atomic mass is 10.1. The maximum Gasteiger partial charge on any atom is 0.226 e. The smallest absolute Gasteiger partial charge is 0.226 e. The molecule has 0 N–H and O–H groups in total. The molecule has 3 rings (SSSR count). The van der Waals surface area contributed by atoms with Crippen molar-refractivity contribution in [1.82, 2.24) is 4.98 Å². The van der Waals surface area contributed by atoms with E-state index in [0.717, 1.165) is 11.3 Å². The molecule has 0 fully saturated rings. The molecule has 5 nitrogen and oxygen atoms in total. The van der Waals surface area contributed by atoms with Crippen LogP contribution in [-0.4, -0.2) is 18.1 Å². The lowest BCUT2D eigenvalue weighted by Crippen LogP contribution is -2.21. The van der Waals surface area contributed by atoms with Gasteiger partial charge in [0.15, 0.2) is 5.76 Å². The molecule has 1 heterocycles. The molecule has 0 bridgehead atoms. The van der Waals surface area contributed by atoms with E-state index in [2.05, 4.69) is 4.98 Å². The fourth-order valence-corrected chi connectivity index (χ4v) is 2.05. The Morgan fingerprint density at radius 2 is 1.68 bits per heavy atom. The first-order chi connectivity index (χ1) is 10.7. The molecule has 0 atom stereocenters. The number of carboxylic acid groups (broad SMARTS) is 1. The van der Waals surface area contributed by atoms with Crippen molar-refractivity contribution >= 4 is 5.97 Å². The minimum atomic E-state index is -1.21. The van der Waals surface area contributed by atoms with Crippen LogP contribution in [0.2, 0.25) is 0 Å². The summed E-state index contributed by atoms with van der Waals surface area (Å²) in [6.07, 6.45) is 1.63. The van der Waals surface area contributed by atoms with Gasteiger partial charge in [-0.15, -0.1) is 0 Å². The van der Waals surface area contributed by atoms with Crippen molar-refractivity contribution in [3.8, 4) is 28.5 Å². The number of aromatic carboxylic acids is 1. The molecule has 0 saturated carbocycles. The molecule has 0 radical (unpaired) electrons. The number of nitrogens with zero attached hydrogens (tertiary/aromatic N) is 1. The van der Waals surface area contributed by atoms with Crippen LogP contribution in [0.15, 0.2) is 59.1 Å². The number of methoxy groups -OCH3 is 1. The van der Waals surface area contributed by atoms with E-state index in [1.807, 2.05) is 24.3 Å². The van der Waals surface area contributed by atoms with Gasteiger partial charge in [0.1, 0.15) is 5.75 Å². The van der Waals surface area contributed by atoms with Crippen LogP contribution in [-0.2, 0) is 0 Å². The van der Waals surface area contributed by atoms with Crippen LogP contribution in [0, 0.1) is 0 Å². The lowest BCUT2D eigenvalue weighted by Gasteiger charge is -2.02. The SMILES string of the molecule is COc1ccc(-c2cnc(-c3ccc(C(=O)[O-])cc3)o2)cc1. The average Bonchev–Trinajstić information content (AvgIpc) is 3.05. The molecule has 0 aliphatic heterocycles. The molecule has 0 saturated heterocycles. The van der Waals surface area contributed by atoms with Crippen LogP contribution in [0.4, 0.5) is 0 Å². The second-order valence-corrected chi connectivity index (χ2v) is 4.62. The predicted octanol–water partition coefficient (Wildman–Crippen LogP) is 2.38. The highest BCUT2D eigenvalue weighted by molar-refractivity contribution is 5.86. The first-order valence-electron chi connectivity index (χ1n) is 6.59. The van der Waals surface area contributed by atoms with E-state index in [9.17, 15) is 9.90 Å². The molecule has 0 aliphatic rings. The minimum Gasteiger partial charge on any atom is -0.545 e. The van der Waals surface area contributed by atoms with E-state index in [-0.39, 0.29) is 5.56 Å². The number of oxazole rings is 1. The molecule has 110 valence electrons. The quantitative estimate of drug-likeness (QED) is 0.738. The summed E-state index contributed by atoms with van der Waals surface area (Å²) in [7, 11) is 1.61. The van der Waals surface area contributed by atoms with E-state index >= 15 is 0 Å². The summed E-state index contributed by atoms with van der Waals surface area (Å²) in [6.45, 7) is 0. The third kappa shape index (κ3) is 2.69. The van der Waals surface area contributed by atoms with Gasteiger partial charge in [-0.05, 0) is 42.0 Å². The monoisotopic (exact) mass is 294 g/mol. The maximum atomic E-state index is 10.7. The summed E-state index contributed by atoms with van der Waals surface area (Å²) in [6, 6.07) is 13.6. The Bertz CT molecular complexity index is 788. The Labute approximate surface area is 126 Å². The van der Waals surface area contributed by atoms with Gasteiger partial charge in [0.05, 0.1) is 19.3 Å². The van der Waals surface area contributed by atoms with Gasteiger partial charge in [-0.2, -0.15) is 0 Å². The number of hydrogen-bond acceptors (Lipinski definition) is 5. The molecule has 2 aromatic carbocycles. The fourth-order valence-electron chi connectivity index (χ4n) is 2.05. The van der Waals surface area contributed by atoms with Crippen LogP contribution in [0.25, 0.3) is 22.8 Å². The van der Waals surface area contributed by atoms with Crippen LogP contribution in [0.5, 0.6) is 5.75 Å². The third-order valence-electron chi connectivity index (χ3n) is 3.25. The molecule has 5 heteroatoms. The summed E-state index contributed by atoms with van der Waals surface area (Å²) in [5.41, 5.74) is 1.70. The molecule has 1 aromatic heterocycles. The third-order valence-corrected chi connectivity index (χ3v) is 3.25. The van der Waals surface area contributed by atoms with Gasteiger partial charge in [0.25, 0.3) is 0 Å². The number of ether oxygens (including phenoxy) is 1. The van der Waals surface area contributed by atoms with Crippen LogP contribution in [0.1, 0.15) is 10.4 Å². The summed E-state index contributed by atoms with van der Waals surface area (Å²) in [5.74, 6) is 0.608. The largest absolute Gasteiger partial charge is 0.545 e. The van der Waals surface area contributed by atoms with Gasteiger partial charge in [0.2, 0.25) is 5.89 Å². The zero-order chi connectivity index (χ0) is 15.5. The number of aromatic nitrogens is 1. The number of carboxylic acids is 1. The number of benzene rings is 2. The van der Waals surface area contributed by atoms with Crippen molar-refractivity contribution < 1.29 is 19.1 Å². The Morgan fingerprint density at radius 3 is 2.27 bits per heavy atom. The Hall–Kier alpha value is -3.08. The molecule has 3 aromatic rings. The van der Waals surface area contributed by atoms with E-state index in [1.165, 1.54) is 12.1 Å². The molecule has 0 spiro atoms. The fraction of sp³-hybridized carbons (Fsp3) is 0.0588. The van der Waals surface area contributed by atoms with E-state index in [0.29, 0.717) is 17.2 Å². The van der Waals surface area contributed by atoms with Crippen LogP contribution >= 0.6 is 0 Å². The van der Waals surface area contributed by atoms with Crippen molar-refractivity contribution in [1.29, 1.82) is 0 Å². The topological polar surface area (TPSA) is 75.4 Å². The van der Waals surface area contributed by atoms with E-state index in [4.69, 9.17) is 9.15 Å². The molecule has 0 unspecified atom stereocenters. The Balaban J connectivity index is 1.87. The number of carbonyl (C=O) groups excluding carboxylic acids is 1. The Kier molecular flexibility index (Phi) is 3.62. The zero-order valence-corrected chi connectivity index (χ0v) is 11.8. The van der Waals surface area contributed by atoms with Crippen LogP contribution < -0.4 is 9.84 Å². The second kappa shape index (κ2) is 5.73. The van der Waals surface area contributed by atoms with Gasteiger partial charge in [-0.25, -0.2) is 4.98 Å². The van der Waals surface area contributed by atoms with Gasteiger partial charge >= 0.3 is 0 Å². The predicted molar refractivity (Wildman–Crippen MR) is 78.3 cm³/mol. The molecule has 0 aliphatic carbocycles. The number of hydrogen-bond donors (Lipinski definition) is 0. The summed E-state index contributed by atoms with van der Waals surface area (Å²) < 4.78 is 10.8. The average molecular weight is 294 g/mol. The Morgan fingerprint density at radius 1 is 1.05 bits per heavy atom. The molecular weight excluding hydrogens is 282 g/mol.